The summed E-state index contributed by atoms with van der Waals surface area (Å²) in [6.45, 7) is 5.10. The number of rotatable bonds is 6. The van der Waals surface area contributed by atoms with Crippen LogP contribution in [0.3, 0.4) is 0 Å². The molecule has 2 rings (SSSR count). The normalized spacial score (nSPS) is 10.3. The number of nitrogens with one attached hydrogen (secondary N) is 2. The van der Waals surface area contributed by atoms with Crippen molar-refractivity contribution in [1.82, 2.24) is 5.32 Å². The van der Waals surface area contributed by atoms with Gasteiger partial charge in [-0.25, -0.2) is 0 Å². The molecule has 0 heterocycles. The van der Waals surface area contributed by atoms with E-state index in [2.05, 4.69) is 66.9 Å². The van der Waals surface area contributed by atoms with Crippen LogP contribution in [0.25, 0.3) is 0 Å². The number of anilines is 1. The van der Waals surface area contributed by atoms with Crippen LogP contribution < -0.4 is 10.6 Å². The van der Waals surface area contributed by atoms with Crippen LogP contribution in [0.5, 0.6) is 0 Å². The van der Waals surface area contributed by atoms with E-state index >= 15 is 0 Å². The zero-order valence-electron chi connectivity index (χ0n) is 13.1. The fourth-order valence-corrected chi connectivity index (χ4v) is 3.07. The Bertz CT molecular complexity index is 609. The maximum absolute atomic E-state index is 5.36. The van der Waals surface area contributed by atoms with Gasteiger partial charge in [0.05, 0.1) is 0 Å². The average molecular weight is 331 g/mol. The summed E-state index contributed by atoms with van der Waals surface area (Å²) in [7, 11) is 0. The molecule has 22 heavy (non-hydrogen) atoms. The lowest BCUT2D eigenvalue weighted by Crippen LogP contribution is -2.30. The van der Waals surface area contributed by atoms with Gasteiger partial charge in [-0.15, -0.1) is 11.8 Å². The quantitative estimate of drug-likeness (QED) is 0.458. The minimum Gasteiger partial charge on any atom is -0.362 e. The molecule has 0 aliphatic heterocycles. The van der Waals surface area contributed by atoms with Gasteiger partial charge in [0.25, 0.3) is 0 Å². The SMILES string of the molecule is CCc1ccccc1NC(=S)NCCSc1ccc(C)cc1. The maximum atomic E-state index is 5.36. The predicted octanol–water partition coefficient (Wildman–Crippen LogP) is 4.64. The topological polar surface area (TPSA) is 24.1 Å². The maximum Gasteiger partial charge on any atom is 0.170 e. The molecule has 0 radical (unpaired) electrons. The lowest BCUT2D eigenvalue weighted by Gasteiger charge is -2.13. The molecule has 0 fully saturated rings. The van der Waals surface area contributed by atoms with Crippen LogP contribution in [0.1, 0.15) is 18.1 Å². The second-order valence-electron chi connectivity index (χ2n) is 5.05. The molecule has 0 saturated heterocycles. The first-order chi connectivity index (χ1) is 10.7. The molecule has 0 saturated carbocycles. The summed E-state index contributed by atoms with van der Waals surface area (Å²) in [4.78, 5) is 1.29. The number of para-hydroxylation sites is 1. The molecule has 116 valence electrons. The van der Waals surface area contributed by atoms with Gasteiger partial charge in [-0.1, -0.05) is 42.8 Å². The average Bonchev–Trinajstić information content (AvgIpc) is 2.54. The summed E-state index contributed by atoms with van der Waals surface area (Å²) in [5.74, 6) is 0.986. The minimum absolute atomic E-state index is 0.686. The van der Waals surface area contributed by atoms with Gasteiger partial charge < -0.3 is 10.6 Å². The Morgan fingerprint density at radius 2 is 1.82 bits per heavy atom. The van der Waals surface area contributed by atoms with Crippen LogP contribution in [-0.4, -0.2) is 17.4 Å². The molecule has 4 heteroatoms. The highest BCUT2D eigenvalue weighted by molar-refractivity contribution is 7.99. The third-order valence-corrected chi connectivity index (χ3v) is 4.58. The summed E-state index contributed by atoms with van der Waals surface area (Å²) in [6, 6.07) is 16.9. The van der Waals surface area contributed by atoms with E-state index in [0.717, 1.165) is 24.4 Å². The summed E-state index contributed by atoms with van der Waals surface area (Å²) >= 11 is 7.19. The van der Waals surface area contributed by atoms with Gasteiger partial charge in [0.1, 0.15) is 0 Å². The number of aryl methyl sites for hydroxylation is 2. The zero-order valence-corrected chi connectivity index (χ0v) is 14.7. The van der Waals surface area contributed by atoms with Crippen molar-refractivity contribution in [2.75, 3.05) is 17.6 Å². The van der Waals surface area contributed by atoms with E-state index in [1.165, 1.54) is 16.0 Å². The lowest BCUT2D eigenvalue weighted by molar-refractivity contribution is 0.989. The summed E-state index contributed by atoms with van der Waals surface area (Å²) in [6.07, 6.45) is 0.995. The molecule has 0 atom stereocenters. The van der Waals surface area contributed by atoms with Crippen LogP contribution in [0.4, 0.5) is 5.69 Å². The molecule has 0 unspecified atom stereocenters. The van der Waals surface area contributed by atoms with Gasteiger partial charge in [0.2, 0.25) is 0 Å². The van der Waals surface area contributed by atoms with E-state index < -0.39 is 0 Å². The molecule has 2 N–H and O–H groups in total. The van der Waals surface area contributed by atoms with Crippen molar-refractivity contribution in [3.8, 4) is 0 Å². The van der Waals surface area contributed by atoms with E-state index in [9.17, 15) is 0 Å². The number of hydrogen-bond donors (Lipinski definition) is 2. The largest absolute Gasteiger partial charge is 0.362 e. The summed E-state index contributed by atoms with van der Waals surface area (Å²) in [5.41, 5.74) is 3.66. The fourth-order valence-electron chi connectivity index (χ4n) is 2.08. The van der Waals surface area contributed by atoms with Crippen molar-refractivity contribution < 1.29 is 0 Å². The second kappa shape index (κ2) is 8.81. The molecule has 0 aromatic heterocycles. The van der Waals surface area contributed by atoms with E-state index in [0.29, 0.717) is 5.11 Å². The Kier molecular flexibility index (Phi) is 6.74. The number of thioether (sulfide) groups is 1. The monoisotopic (exact) mass is 330 g/mol. The molecule has 0 bridgehead atoms. The number of thiocarbonyl (C=S) groups is 1. The van der Waals surface area contributed by atoms with E-state index in [1.54, 1.807) is 0 Å². The predicted molar refractivity (Wildman–Crippen MR) is 102 cm³/mol. The molecule has 0 amide bonds. The Morgan fingerprint density at radius 3 is 2.55 bits per heavy atom. The van der Waals surface area contributed by atoms with Gasteiger partial charge in [-0.05, 0) is 49.3 Å². The standard InChI is InChI=1S/C18H22N2S2/c1-3-15-6-4-5-7-17(15)20-18(21)19-12-13-22-16-10-8-14(2)9-11-16/h4-11H,3,12-13H2,1-2H3,(H2,19,20,21). The molecule has 0 spiro atoms. The van der Waals surface area contributed by atoms with Gasteiger partial charge in [0, 0.05) is 22.9 Å². The van der Waals surface area contributed by atoms with Gasteiger partial charge in [-0.3, -0.25) is 0 Å². The fraction of sp³-hybridized carbons (Fsp3) is 0.278. The van der Waals surface area contributed by atoms with Crippen molar-refractivity contribution in [3.63, 3.8) is 0 Å². The highest BCUT2D eigenvalue weighted by Gasteiger charge is 2.02. The molecule has 2 aromatic carbocycles. The Labute approximate surface area is 142 Å². The molecular formula is C18H22N2S2. The second-order valence-corrected chi connectivity index (χ2v) is 6.63. The third kappa shape index (κ3) is 5.35. The van der Waals surface area contributed by atoms with Crippen LogP contribution in [0.2, 0.25) is 0 Å². The van der Waals surface area contributed by atoms with Crippen LogP contribution in [-0.2, 0) is 6.42 Å². The van der Waals surface area contributed by atoms with Crippen molar-refractivity contribution in [2.24, 2.45) is 0 Å². The third-order valence-electron chi connectivity index (χ3n) is 3.32. The highest BCUT2D eigenvalue weighted by Crippen LogP contribution is 2.18. The summed E-state index contributed by atoms with van der Waals surface area (Å²) < 4.78 is 0. The Balaban J connectivity index is 1.72. The van der Waals surface area contributed by atoms with Gasteiger partial charge in [0.15, 0.2) is 5.11 Å². The zero-order chi connectivity index (χ0) is 15.8. The summed E-state index contributed by atoms with van der Waals surface area (Å²) in [5, 5.41) is 7.23. The smallest absolute Gasteiger partial charge is 0.170 e. The number of hydrogen-bond acceptors (Lipinski definition) is 2. The van der Waals surface area contributed by atoms with Crippen LogP contribution >= 0.6 is 24.0 Å². The lowest BCUT2D eigenvalue weighted by atomic mass is 10.1. The van der Waals surface area contributed by atoms with Crippen molar-refractivity contribution in [2.45, 2.75) is 25.2 Å². The Hall–Kier alpha value is -1.52. The first kappa shape index (κ1) is 16.8. The molecule has 0 aliphatic rings. The van der Waals surface area contributed by atoms with Crippen molar-refractivity contribution in [1.29, 1.82) is 0 Å². The van der Waals surface area contributed by atoms with E-state index in [4.69, 9.17) is 12.2 Å². The van der Waals surface area contributed by atoms with Crippen LogP contribution in [0.15, 0.2) is 53.4 Å². The van der Waals surface area contributed by atoms with Crippen LogP contribution in [0, 0.1) is 6.92 Å². The number of benzene rings is 2. The van der Waals surface area contributed by atoms with Gasteiger partial charge in [-0.2, -0.15) is 0 Å². The van der Waals surface area contributed by atoms with Crippen molar-refractivity contribution >= 4 is 34.8 Å². The van der Waals surface area contributed by atoms with E-state index in [1.807, 2.05) is 17.8 Å². The first-order valence-corrected chi connectivity index (χ1v) is 8.90. The van der Waals surface area contributed by atoms with E-state index in [-0.39, 0.29) is 0 Å². The van der Waals surface area contributed by atoms with Gasteiger partial charge >= 0.3 is 0 Å². The first-order valence-electron chi connectivity index (χ1n) is 7.51. The minimum atomic E-state index is 0.686. The molecule has 2 nitrogen and oxygen atoms in total. The highest BCUT2D eigenvalue weighted by atomic mass is 32.2. The molecule has 0 aliphatic carbocycles. The molecular weight excluding hydrogens is 308 g/mol. The Morgan fingerprint density at radius 1 is 1.09 bits per heavy atom. The van der Waals surface area contributed by atoms with Crippen molar-refractivity contribution in [3.05, 3.63) is 59.7 Å². The molecule has 2 aromatic rings.